The first-order valence-electron chi connectivity index (χ1n) is 7.29. The highest BCUT2D eigenvalue weighted by molar-refractivity contribution is 6.52. The summed E-state index contributed by atoms with van der Waals surface area (Å²) in [6.07, 6.45) is 3.41. The molecule has 3 rings (SSSR count). The van der Waals surface area contributed by atoms with Crippen LogP contribution in [0.1, 0.15) is 40.7 Å². The van der Waals surface area contributed by atoms with E-state index in [2.05, 4.69) is 5.32 Å². The zero-order valence-corrected chi connectivity index (χ0v) is 12.0. The maximum absolute atomic E-state index is 12.2. The smallest absolute Gasteiger partial charge is 0.299 e. The van der Waals surface area contributed by atoms with Gasteiger partial charge in [-0.1, -0.05) is 12.1 Å². The number of rotatable bonds is 5. The largest absolute Gasteiger partial charge is 0.314 e. The number of carbonyl (C=O) groups is 2. The summed E-state index contributed by atoms with van der Waals surface area (Å²) in [6, 6.07) is 4.58. The van der Waals surface area contributed by atoms with Crippen molar-refractivity contribution < 1.29 is 9.59 Å². The predicted octanol–water partition coefficient (Wildman–Crippen LogP) is 1.97. The van der Waals surface area contributed by atoms with Gasteiger partial charge in [0.1, 0.15) is 0 Å². The molecule has 4 nitrogen and oxygen atoms in total. The van der Waals surface area contributed by atoms with Crippen molar-refractivity contribution in [3.8, 4) is 0 Å². The van der Waals surface area contributed by atoms with E-state index in [4.69, 9.17) is 0 Å². The maximum atomic E-state index is 12.2. The Labute approximate surface area is 119 Å². The average molecular weight is 272 g/mol. The highest BCUT2D eigenvalue weighted by atomic mass is 16.2. The molecule has 0 bridgehead atoms. The van der Waals surface area contributed by atoms with Crippen molar-refractivity contribution >= 4 is 17.4 Å². The molecule has 1 N–H and O–H groups in total. The number of hydrogen-bond acceptors (Lipinski definition) is 3. The Morgan fingerprint density at radius 2 is 1.90 bits per heavy atom. The van der Waals surface area contributed by atoms with E-state index in [9.17, 15) is 9.59 Å². The molecule has 0 spiro atoms. The summed E-state index contributed by atoms with van der Waals surface area (Å²) in [5, 5.41) is 3.43. The lowest BCUT2D eigenvalue weighted by molar-refractivity contribution is -0.114. The quantitative estimate of drug-likeness (QED) is 0.658. The molecule has 0 unspecified atom stereocenters. The molecule has 1 saturated carbocycles. The molecule has 106 valence electrons. The molecule has 0 radical (unpaired) electrons. The van der Waals surface area contributed by atoms with Crippen molar-refractivity contribution in [2.75, 3.05) is 18.0 Å². The van der Waals surface area contributed by atoms with E-state index in [0.717, 1.165) is 29.8 Å². The molecular weight excluding hydrogens is 252 g/mol. The van der Waals surface area contributed by atoms with E-state index in [1.807, 2.05) is 26.0 Å². The number of nitrogens with one attached hydrogen (secondary N) is 1. The summed E-state index contributed by atoms with van der Waals surface area (Å²) in [4.78, 5) is 25.9. The zero-order valence-electron chi connectivity index (χ0n) is 12.0. The van der Waals surface area contributed by atoms with Crippen LogP contribution in [0.2, 0.25) is 0 Å². The molecule has 0 aromatic heterocycles. The third kappa shape index (κ3) is 2.24. The molecule has 1 aromatic rings. The van der Waals surface area contributed by atoms with Crippen molar-refractivity contribution in [2.45, 2.75) is 39.2 Å². The number of amides is 1. The van der Waals surface area contributed by atoms with Crippen LogP contribution < -0.4 is 10.2 Å². The molecule has 1 heterocycles. The number of ketones is 1. The Balaban J connectivity index is 1.76. The number of Topliss-reactive ketones (excluding diaryl/α,β-unsaturated/α-hetero) is 1. The molecule has 1 amide bonds. The van der Waals surface area contributed by atoms with Crippen LogP contribution in [0.15, 0.2) is 12.1 Å². The molecule has 20 heavy (non-hydrogen) atoms. The van der Waals surface area contributed by atoms with E-state index in [-0.39, 0.29) is 11.7 Å². The lowest BCUT2D eigenvalue weighted by Crippen LogP contribution is -2.33. The van der Waals surface area contributed by atoms with Crippen molar-refractivity contribution in [3.05, 3.63) is 28.8 Å². The van der Waals surface area contributed by atoms with Crippen LogP contribution in [0.25, 0.3) is 0 Å². The van der Waals surface area contributed by atoms with Gasteiger partial charge in [-0.25, -0.2) is 0 Å². The third-order valence-electron chi connectivity index (χ3n) is 4.09. The van der Waals surface area contributed by atoms with Crippen molar-refractivity contribution in [1.29, 1.82) is 0 Å². The zero-order chi connectivity index (χ0) is 14.3. The van der Waals surface area contributed by atoms with Gasteiger partial charge in [0.25, 0.3) is 11.7 Å². The van der Waals surface area contributed by atoms with Crippen LogP contribution in [0.5, 0.6) is 0 Å². The van der Waals surface area contributed by atoms with Crippen LogP contribution in [0.4, 0.5) is 5.69 Å². The third-order valence-corrected chi connectivity index (χ3v) is 4.09. The van der Waals surface area contributed by atoms with Gasteiger partial charge in [0.15, 0.2) is 0 Å². The Hall–Kier alpha value is -1.68. The first-order chi connectivity index (χ1) is 9.59. The lowest BCUT2D eigenvalue weighted by Gasteiger charge is -2.19. The number of fused-ring (bicyclic) bond motifs is 1. The number of anilines is 1. The molecule has 1 aromatic carbocycles. The Bertz CT molecular complexity index is 576. The second-order valence-corrected chi connectivity index (χ2v) is 5.79. The lowest BCUT2D eigenvalue weighted by atomic mass is 10.0. The van der Waals surface area contributed by atoms with Gasteiger partial charge in [0.05, 0.1) is 11.3 Å². The Morgan fingerprint density at radius 1 is 1.20 bits per heavy atom. The van der Waals surface area contributed by atoms with Crippen LogP contribution >= 0.6 is 0 Å². The monoisotopic (exact) mass is 272 g/mol. The summed E-state index contributed by atoms with van der Waals surface area (Å²) in [5.74, 6) is -0.722. The maximum Gasteiger partial charge on any atom is 0.299 e. The van der Waals surface area contributed by atoms with Crippen molar-refractivity contribution in [1.82, 2.24) is 5.32 Å². The highest BCUT2D eigenvalue weighted by Crippen LogP contribution is 2.34. The van der Waals surface area contributed by atoms with Gasteiger partial charge < -0.3 is 10.2 Å². The molecule has 0 atom stereocenters. The van der Waals surface area contributed by atoms with E-state index in [0.29, 0.717) is 18.2 Å². The first kappa shape index (κ1) is 13.3. The number of carbonyl (C=O) groups excluding carboxylic acids is 2. The van der Waals surface area contributed by atoms with E-state index < -0.39 is 0 Å². The molecule has 1 aliphatic carbocycles. The standard InChI is InChI=1S/C16H20N2O2/c1-10-4-5-11(2)14-13(10)15(19)16(20)18(14)9-3-8-17-12-6-7-12/h4-5,12,17H,3,6-9H2,1-2H3. The number of aryl methyl sites for hydroxylation is 2. The van der Waals surface area contributed by atoms with Gasteiger partial charge in [-0.05, 0) is 50.8 Å². The molecular formula is C16H20N2O2. The molecule has 1 aliphatic heterocycles. The highest BCUT2D eigenvalue weighted by Gasteiger charge is 2.37. The van der Waals surface area contributed by atoms with Crippen LogP contribution in [0, 0.1) is 13.8 Å². The van der Waals surface area contributed by atoms with Crippen LogP contribution in [-0.2, 0) is 4.79 Å². The molecule has 2 aliphatic rings. The summed E-state index contributed by atoms with van der Waals surface area (Å²) in [5.41, 5.74) is 3.32. The number of benzene rings is 1. The van der Waals surface area contributed by atoms with E-state index >= 15 is 0 Å². The minimum atomic E-state index is -0.371. The summed E-state index contributed by atoms with van der Waals surface area (Å²) in [7, 11) is 0. The summed E-state index contributed by atoms with van der Waals surface area (Å²) in [6.45, 7) is 5.37. The fraction of sp³-hybridized carbons (Fsp3) is 0.500. The Morgan fingerprint density at radius 3 is 2.60 bits per heavy atom. The van der Waals surface area contributed by atoms with Crippen molar-refractivity contribution in [3.63, 3.8) is 0 Å². The SMILES string of the molecule is Cc1ccc(C)c2c1C(=O)C(=O)N2CCCNC1CC1. The first-order valence-corrected chi connectivity index (χ1v) is 7.29. The summed E-state index contributed by atoms with van der Waals surface area (Å²) < 4.78 is 0. The molecule has 4 heteroatoms. The van der Waals surface area contributed by atoms with E-state index in [1.165, 1.54) is 12.8 Å². The van der Waals surface area contributed by atoms with Crippen LogP contribution in [-0.4, -0.2) is 30.8 Å². The molecule has 1 fully saturated rings. The van der Waals surface area contributed by atoms with Gasteiger partial charge in [0, 0.05) is 12.6 Å². The van der Waals surface area contributed by atoms with E-state index in [1.54, 1.807) is 4.90 Å². The van der Waals surface area contributed by atoms with Crippen molar-refractivity contribution in [2.24, 2.45) is 0 Å². The molecule has 0 saturated heterocycles. The fourth-order valence-electron chi connectivity index (χ4n) is 2.81. The second kappa shape index (κ2) is 5.02. The van der Waals surface area contributed by atoms with Gasteiger partial charge in [0.2, 0.25) is 0 Å². The van der Waals surface area contributed by atoms with Gasteiger partial charge in [-0.15, -0.1) is 0 Å². The minimum Gasteiger partial charge on any atom is -0.314 e. The average Bonchev–Trinajstić information content (AvgIpc) is 3.21. The number of nitrogens with zero attached hydrogens (tertiary/aromatic N) is 1. The van der Waals surface area contributed by atoms with Gasteiger partial charge in [-0.3, -0.25) is 9.59 Å². The predicted molar refractivity (Wildman–Crippen MR) is 78.2 cm³/mol. The number of hydrogen-bond donors (Lipinski definition) is 1. The topological polar surface area (TPSA) is 49.4 Å². The normalized spacial score (nSPS) is 17.8. The van der Waals surface area contributed by atoms with Gasteiger partial charge in [-0.2, -0.15) is 0 Å². The summed E-state index contributed by atoms with van der Waals surface area (Å²) >= 11 is 0. The minimum absolute atomic E-state index is 0.351. The second-order valence-electron chi connectivity index (χ2n) is 5.79. The Kier molecular flexibility index (Phi) is 3.34. The fourth-order valence-corrected chi connectivity index (χ4v) is 2.81. The van der Waals surface area contributed by atoms with Gasteiger partial charge >= 0.3 is 0 Å². The van der Waals surface area contributed by atoms with Crippen LogP contribution in [0.3, 0.4) is 0 Å².